The summed E-state index contributed by atoms with van der Waals surface area (Å²) in [5.41, 5.74) is 0.706. The van der Waals surface area contributed by atoms with Gasteiger partial charge in [-0.15, -0.1) is 0 Å². The first-order chi connectivity index (χ1) is 8.43. The largest absolute Gasteiger partial charge is 0.497 e. The lowest BCUT2D eigenvalue weighted by Crippen LogP contribution is -2.39. The predicted octanol–water partition coefficient (Wildman–Crippen LogP) is 2.26. The molecule has 4 nitrogen and oxygen atoms in total. The predicted molar refractivity (Wildman–Crippen MR) is 72.5 cm³/mol. The minimum absolute atomic E-state index is 0.0217. The quantitative estimate of drug-likeness (QED) is 0.823. The van der Waals surface area contributed by atoms with Crippen LogP contribution in [0.15, 0.2) is 24.3 Å². The van der Waals surface area contributed by atoms with Crippen LogP contribution in [-0.2, 0) is 10.0 Å². The van der Waals surface area contributed by atoms with E-state index in [9.17, 15) is 8.42 Å². The Morgan fingerprint density at radius 2 is 1.83 bits per heavy atom. The molecule has 1 aromatic carbocycles. The minimum atomic E-state index is -3.25. The fourth-order valence-electron chi connectivity index (χ4n) is 2.23. The van der Waals surface area contributed by atoms with E-state index >= 15 is 0 Å². The van der Waals surface area contributed by atoms with Crippen LogP contribution in [0.4, 0.5) is 5.69 Å². The maximum absolute atomic E-state index is 12.0. The van der Waals surface area contributed by atoms with Crippen molar-refractivity contribution in [2.75, 3.05) is 17.7 Å². The van der Waals surface area contributed by atoms with Crippen LogP contribution < -0.4 is 9.04 Å². The second kappa shape index (κ2) is 4.80. The number of sulfonamides is 1. The highest BCUT2D eigenvalue weighted by Crippen LogP contribution is 2.38. The summed E-state index contributed by atoms with van der Waals surface area (Å²) in [6.07, 6.45) is 3.49. The molecule has 0 aliphatic heterocycles. The van der Waals surface area contributed by atoms with Gasteiger partial charge in [0.1, 0.15) is 5.75 Å². The number of anilines is 1. The monoisotopic (exact) mass is 269 g/mol. The van der Waals surface area contributed by atoms with Gasteiger partial charge in [0.05, 0.1) is 19.1 Å². The van der Waals surface area contributed by atoms with Crippen molar-refractivity contribution in [2.45, 2.75) is 25.8 Å². The molecule has 0 N–H and O–H groups in total. The number of methoxy groups -OCH3 is 1. The van der Waals surface area contributed by atoms with Gasteiger partial charge in [-0.05, 0) is 49.9 Å². The van der Waals surface area contributed by atoms with Crippen LogP contribution in [0.25, 0.3) is 0 Å². The van der Waals surface area contributed by atoms with Crippen LogP contribution in [0, 0.1) is 5.92 Å². The van der Waals surface area contributed by atoms with Gasteiger partial charge in [0.15, 0.2) is 0 Å². The number of hydrogen-bond donors (Lipinski definition) is 0. The molecule has 0 amide bonds. The molecular formula is C13H19NO3S. The molecule has 1 aromatic rings. The van der Waals surface area contributed by atoms with Crippen molar-refractivity contribution in [3.8, 4) is 5.75 Å². The molecule has 100 valence electrons. The van der Waals surface area contributed by atoms with Gasteiger partial charge in [-0.25, -0.2) is 8.42 Å². The number of ether oxygens (including phenoxy) is 1. The molecule has 18 heavy (non-hydrogen) atoms. The smallest absolute Gasteiger partial charge is 0.232 e. The molecule has 0 aromatic heterocycles. The Hall–Kier alpha value is -1.23. The van der Waals surface area contributed by atoms with Crippen molar-refractivity contribution in [1.29, 1.82) is 0 Å². The van der Waals surface area contributed by atoms with E-state index in [0.29, 0.717) is 11.6 Å². The lowest BCUT2D eigenvalue weighted by atomic mass is 10.2. The second-order valence-electron chi connectivity index (χ2n) is 4.83. The van der Waals surface area contributed by atoms with Crippen molar-refractivity contribution >= 4 is 15.7 Å². The summed E-state index contributed by atoms with van der Waals surface area (Å²) < 4.78 is 30.5. The number of rotatable bonds is 5. The van der Waals surface area contributed by atoms with Crippen LogP contribution >= 0.6 is 0 Å². The van der Waals surface area contributed by atoms with Gasteiger partial charge in [-0.1, -0.05) is 0 Å². The number of hydrogen-bond acceptors (Lipinski definition) is 3. The van der Waals surface area contributed by atoms with Gasteiger partial charge < -0.3 is 4.74 Å². The molecule has 0 spiro atoms. The molecular weight excluding hydrogens is 250 g/mol. The Morgan fingerprint density at radius 3 is 2.22 bits per heavy atom. The molecule has 0 bridgehead atoms. The van der Waals surface area contributed by atoms with Gasteiger partial charge >= 0.3 is 0 Å². The number of benzene rings is 1. The summed E-state index contributed by atoms with van der Waals surface area (Å²) in [7, 11) is -1.66. The Kier molecular flexibility index (Phi) is 3.52. The summed E-state index contributed by atoms with van der Waals surface area (Å²) in [6.45, 7) is 1.98. The van der Waals surface area contributed by atoms with E-state index in [2.05, 4.69) is 0 Å². The third kappa shape index (κ3) is 2.77. The molecule has 1 saturated carbocycles. The molecule has 1 aliphatic rings. The maximum atomic E-state index is 12.0. The van der Waals surface area contributed by atoms with E-state index < -0.39 is 10.0 Å². The SMILES string of the molecule is COc1ccc(N(C(C)C2CC2)S(C)(=O)=O)cc1. The van der Waals surface area contributed by atoms with Crippen molar-refractivity contribution < 1.29 is 13.2 Å². The topological polar surface area (TPSA) is 46.6 Å². The molecule has 1 atom stereocenters. The van der Waals surface area contributed by atoms with Crippen molar-refractivity contribution in [2.24, 2.45) is 5.92 Å². The number of nitrogens with zero attached hydrogens (tertiary/aromatic N) is 1. The Labute approximate surface area is 109 Å². The van der Waals surface area contributed by atoms with Gasteiger partial charge in [0, 0.05) is 6.04 Å². The lowest BCUT2D eigenvalue weighted by Gasteiger charge is -2.29. The lowest BCUT2D eigenvalue weighted by molar-refractivity contribution is 0.415. The summed E-state index contributed by atoms with van der Waals surface area (Å²) in [4.78, 5) is 0. The van der Waals surface area contributed by atoms with Crippen molar-refractivity contribution in [1.82, 2.24) is 0 Å². The molecule has 1 unspecified atom stereocenters. The minimum Gasteiger partial charge on any atom is -0.497 e. The first kappa shape index (κ1) is 13.2. The third-order valence-corrected chi connectivity index (χ3v) is 4.62. The third-order valence-electron chi connectivity index (χ3n) is 3.36. The highest BCUT2D eigenvalue weighted by molar-refractivity contribution is 7.92. The van der Waals surface area contributed by atoms with Crippen LogP contribution in [0.2, 0.25) is 0 Å². The van der Waals surface area contributed by atoms with E-state index in [4.69, 9.17) is 4.74 Å². The van der Waals surface area contributed by atoms with E-state index in [1.807, 2.05) is 6.92 Å². The van der Waals surface area contributed by atoms with Crippen LogP contribution in [0.1, 0.15) is 19.8 Å². The summed E-state index contributed by atoms with van der Waals surface area (Å²) in [5, 5.41) is 0. The first-order valence-electron chi connectivity index (χ1n) is 6.07. The zero-order valence-electron chi connectivity index (χ0n) is 11.0. The summed E-state index contributed by atoms with van der Waals surface area (Å²) in [5.74, 6) is 1.22. The second-order valence-corrected chi connectivity index (χ2v) is 6.69. The standard InChI is InChI=1S/C13H19NO3S/c1-10(11-4-5-11)14(18(3,15)16)12-6-8-13(17-2)9-7-12/h6-11H,4-5H2,1-3H3. The molecule has 0 heterocycles. The molecule has 1 aliphatic carbocycles. The Bertz CT molecular complexity index is 506. The summed E-state index contributed by atoms with van der Waals surface area (Å²) >= 11 is 0. The molecule has 0 saturated heterocycles. The fraction of sp³-hybridized carbons (Fsp3) is 0.538. The van der Waals surface area contributed by atoms with Crippen LogP contribution in [-0.4, -0.2) is 27.8 Å². The Morgan fingerprint density at radius 1 is 1.28 bits per heavy atom. The molecule has 2 rings (SSSR count). The highest BCUT2D eigenvalue weighted by Gasteiger charge is 2.36. The molecule has 0 radical (unpaired) electrons. The molecule has 5 heteroatoms. The van der Waals surface area contributed by atoms with Gasteiger partial charge in [0.25, 0.3) is 0 Å². The average molecular weight is 269 g/mol. The zero-order valence-corrected chi connectivity index (χ0v) is 11.8. The van der Waals surface area contributed by atoms with Gasteiger partial charge in [-0.2, -0.15) is 0 Å². The summed E-state index contributed by atoms with van der Waals surface area (Å²) in [6, 6.07) is 7.17. The Balaban J connectivity index is 2.33. The van der Waals surface area contributed by atoms with Gasteiger partial charge in [0.2, 0.25) is 10.0 Å². The van der Waals surface area contributed by atoms with Crippen LogP contribution in [0.3, 0.4) is 0 Å². The van der Waals surface area contributed by atoms with Crippen molar-refractivity contribution in [3.05, 3.63) is 24.3 Å². The van der Waals surface area contributed by atoms with Crippen molar-refractivity contribution in [3.63, 3.8) is 0 Å². The molecule has 1 fully saturated rings. The van der Waals surface area contributed by atoms with E-state index in [0.717, 1.165) is 18.6 Å². The normalized spacial score (nSPS) is 17.3. The van der Waals surface area contributed by atoms with E-state index in [1.165, 1.54) is 10.6 Å². The average Bonchev–Trinajstić information content (AvgIpc) is 3.12. The first-order valence-corrected chi connectivity index (χ1v) is 7.92. The zero-order chi connectivity index (χ0) is 13.3. The van der Waals surface area contributed by atoms with Gasteiger partial charge in [-0.3, -0.25) is 4.31 Å². The van der Waals surface area contributed by atoms with E-state index in [-0.39, 0.29) is 6.04 Å². The fourth-order valence-corrected chi connectivity index (χ4v) is 3.51. The van der Waals surface area contributed by atoms with E-state index in [1.54, 1.807) is 31.4 Å². The maximum Gasteiger partial charge on any atom is 0.232 e. The van der Waals surface area contributed by atoms with Crippen LogP contribution in [0.5, 0.6) is 5.75 Å². The highest BCUT2D eigenvalue weighted by atomic mass is 32.2.